The maximum absolute atomic E-state index is 12.9. The van der Waals surface area contributed by atoms with E-state index in [0.717, 1.165) is 11.1 Å². The Morgan fingerprint density at radius 2 is 1.59 bits per heavy atom. The standard InChI is InChI=1S/C21H14Cl2N2O2/c22-14-10-9-13(17(23)11-14)12-24-25-21(26)20-15-5-1-3-7-18(15)27-19-8-4-2-6-16(19)20/h1-12,20H,(H,25,26)/b24-12-. The van der Waals surface area contributed by atoms with Crippen molar-refractivity contribution in [1.82, 2.24) is 5.43 Å². The molecule has 1 aliphatic heterocycles. The van der Waals surface area contributed by atoms with Crippen LogP contribution in [0.3, 0.4) is 0 Å². The summed E-state index contributed by atoms with van der Waals surface area (Å²) in [5.41, 5.74) is 4.87. The van der Waals surface area contributed by atoms with Crippen molar-refractivity contribution >= 4 is 35.3 Å². The van der Waals surface area contributed by atoms with Gasteiger partial charge in [-0.1, -0.05) is 65.7 Å². The van der Waals surface area contributed by atoms with Gasteiger partial charge in [0.25, 0.3) is 5.91 Å². The third-order valence-electron chi connectivity index (χ3n) is 4.28. The average Bonchev–Trinajstić information content (AvgIpc) is 2.67. The van der Waals surface area contributed by atoms with Crippen molar-refractivity contribution in [1.29, 1.82) is 0 Å². The Morgan fingerprint density at radius 3 is 2.22 bits per heavy atom. The first kappa shape index (κ1) is 17.6. The first-order chi connectivity index (χ1) is 13.1. The summed E-state index contributed by atoms with van der Waals surface area (Å²) >= 11 is 12.0. The van der Waals surface area contributed by atoms with Gasteiger partial charge in [-0.05, 0) is 24.3 Å². The highest BCUT2D eigenvalue weighted by Crippen LogP contribution is 2.43. The van der Waals surface area contributed by atoms with E-state index in [2.05, 4.69) is 10.5 Å². The second-order valence-electron chi connectivity index (χ2n) is 6.01. The van der Waals surface area contributed by atoms with Crippen molar-refractivity contribution < 1.29 is 9.53 Å². The number of carbonyl (C=O) groups is 1. The summed E-state index contributed by atoms with van der Waals surface area (Å²) in [6.07, 6.45) is 1.49. The molecule has 6 heteroatoms. The molecule has 3 aromatic rings. The van der Waals surface area contributed by atoms with Crippen molar-refractivity contribution in [3.63, 3.8) is 0 Å². The largest absolute Gasteiger partial charge is 0.457 e. The Labute approximate surface area is 166 Å². The topological polar surface area (TPSA) is 50.7 Å². The van der Waals surface area contributed by atoms with Crippen molar-refractivity contribution in [2.45, 2.75) is 5.92 Å². The predicted molar refractivity (Wildman–Crippen MR) is 107 cm³/mol. The number of rotatable bonds is 3. The van der Waals surface area contributed by atoms with Crippen LogP contribution in [0.1, 0.15) is 22.6 Å². The molecule has 1 N–H and O–H groups in total. The molecule has 27 heavy (non-hydrogen) atoms. The number of halogens is 2. The fourth-order valence-electron chi connectivity index (χ4n) is 3.03. The van der Waals surface area contributed by atoms with Crippen LogP contribution in [0.4, 0.5) is 0 Å². The first-order valence-corrected chi connectivity index (χ1v) is 9.03. The number of fused-ring (bicyclic) bond motifs is 2. The summed E-state index contributed by atoms with van der Waals surface area (Å²) in [6.45, 7) is 0. The van der Waals surface area contributed by atoms with Crippen LogP contribution in [0, 0.1) is 0 Å². The van der Waals surface area contributed by atoms with E-state index in [1.54, 1.807) is 18.2 Å². The van der Waals surface area contributed by atoms with Gasteiger partial charge in [0.15, 0.2) is 0 Å². The highest BCUT2D eigenvalue weighted by molar-refractivity contribution is 6.36. The van der Waals surface area contributed by atoms with E-state index in [1.807, 2.05) is 48.5 Å². The zero-order chi connectivity index (χ0) is 18.8. The molecule has 3 aromatic carbocycles. The highest BCUT2D eigenvalue weighted by Gasteiger charge is 2.32. The zero-order valence-electron chi connectivity index (χ0n) is 14.0. The molecule has 0 atom stereocenters. The van der Waals surface area contributed by atoms with Gasteiger partial charge in [-0.2, -0.15) is 5.10 Å². The van der Waals surface area contributed by atoms with Crippen LogP contribution >= 0.6 is 23.2 Å². The molecule has 0 bridgehead atoms. The summed E-state index contributed by atoms with van der Waals surface area (Å²) < 4.78 is 5.91. The Morgan fingerprint density at radius 1 is 0.963 bits per heavy atom. The summed E-state index contributed by atoms with van der Waals surface area (Å²) in [4.78, 5) is 12.9. The quantitative estimate of drug-likeness (QED) is 0.477. The van der Waals surface area contributed by atoms with Crippen LogP contribution < -0.4 is 10.2 Å². The molecule has 4 rings (SSSR count). The predicted octanol–water partition coefficient (Wildman–Crippen LogP) is 5.38. The molecule has 1 aliphatic rings. The third kappa shape index (κ3) is 3.54. The lowest BCUT2D eigenvalue weighted by molar-refractivity contribution is -0.121. The minimum atomic E-state index is -0.510. The number of nitrogens with zero attached hydrogens (tertiary/aromatic N) is 1. The van der Waals surface area contributed by atoms with E-state index in [4.69, 9.17) is 27.9 Å². The number of carbonyl (C=O) groups excluding carboxylic acids is 1. The molecule has 0 saturated carbocycles. The third-order valence-corrected chi connectivity index (χ3v) is 4.85. The minimum Gasteiger partial charge on any atom is -0.457 e. The van der Waals surface area contributed by atoms with Gasteiger partial charge < -0.3 is 4.74 Å². The maximum atomic E-state index is 12.9. The Balaban J connectivity index is 1.61. The minimum absolute atomic E-state index is 0.250. The van der Waals surface area contributed by atoms with Crippen LogP contribution in [0.25, 0.3) is 0 Å². The second-order valence-corrected chi connectivity index (χ2v) is 6.85. The van der Waals surface area contributed by atoms with Gasteiger partial charge in [0.05, 0.1) is 17.2 Å². The lowest BCUT2D eigenvalue weighted by Gasteiger charge is -2.26. The number of nitrogens with one attached hydrogen (secondary N) is 1. The fraction of sp³-hybridized carbons (Fsp3) is 0.0476. The number of benzene rings is 3. The van der Waals surface area contributed by atoms with E-state index >= 15 is 0 Å². The number of hydrogen-bond donors (Lipinski definition) is 1. The van der Waals surface area contributed by atoms with Crippen molar-refractivity contribution in [2.24, 2.45) is 5.10 Å². The summed E-state index contributed by atoms with van der Waals surface area (Å²) in [7, 11) is 0. The monoisotopic (exact) mass is 396 g/mol. The molecule has 0 radical (unpaired) electrons. The van der Waals surface area contributed by atoms with E-state index < -0.39 is 5.92 Å². The van der Waals surface area contributed by atoms with E-state index in [-0.39, 0.29) is 5.91 Å². The number of amides is 1. The molecule has 134 valence electrons. The molecule has 0 aliphatic carbocycles. The number of ether oxygens (including phenoxy) is 1. The molecule has 1 heterocycles. The average molecular weight is 397 g/mol. The Bertz CT molecular complexity index is 1000. The van der Waals surface area contributed by atoms with E-state index in [1.165, 1.54) is 6.21 Å². The van der Waals surface area contributed by atoms with Crippen LogP contribution in [-0.2, 0) is 4.79 Å². The van der Waals surface area contributed by atoms with Crippen LogP contribution in [0.2, 0.25) is 10.0 Å². The van der Waals surface area contributed by atoms with Crippen molar-refractivity contribution in [3.05, 3.63) is 93.5 Å². The second kappa shape index (κ2) is 7.43. The molecular weight excluding hydrogens is 383 g/mol. The van der Waals surface area contributed by atoms with Gasteiger partial charge >= 0.3 is 0 Å². The van der Waals surface area contributed by atoms with Gasteiger partial charge in [-0.3, -0.25) is 4.79 Å². The lowest BCUT2D eigenvalue weighted by Crippen LogP contribution is -2.28. The van der Waals surface area contributed by atoms with Gasteiger partial charge in [0.1, 0.15) is 11.5 Å². The van der Waals surface area contributed by atoms with Gasteiger partial charge in [-0.15, -0.1) is 0 Å². The molecular formula is C21H14Cl2N2O2. The molecule has 0 unspecified atom stereocenters. The Hall–Kier alpha value is -2.82. The number of hydrogen-bond acceptors (Lipinski definition) is 3. The van der Waals surface area contributed by atoms with Crippen molar-refractivity contribution in [2.75, 3.05) is 0 Å². The highest BCUT2D eigenvalue weighted by atomic mass is 35.5. The van der Waals surface area contributed by atoms with Gasteiger partial charge in [-0.25, -0.2) is 5.43 Å². The van der Waals surface area contributed by atoms with Crippen LogP contribution in [0.15, 0.2) is 71.8 Å². The maximum Gasteiger partial charge on any atom is 0.252 e. The zero-order valence-corrected chi connectivity index (χ0v) is 15.5. The number of para-hydroxylation sites is 2. The SMILES string of the molecule is O=C(N/N=C\c1ccc(Cl)cc1Cl)C1c2ccccc2Oc2ccccc21. The normalized spacial score (nSPS) is 13.0. The summed E-state index contributed by atoms with van der Waals surface area (Å²) in [6, 6.07) is 20.1. The molecule has 4 nitrogen and oxygen atoms in total. The van der Waals surface area contributed by atoms with Crippen LogP contribution in [-0.4, -0.2) is 12.1 Å². The number of hydrazone groups is 1. The molecule has 0 saturated heterocycles. The van der Waals surface area contributed by atoms with Crippen molar-refractivity contribution in [3.8, 4) is 11.5 Å². The van der Waals surface area contributed by atoms with Gasteiger partial charge in [0.2, 0.25) is 0 Å². The van der Waals surface area contributed by atoms with Gasteiger partial charge in [0, 0.05) is 21.7 Å². The fourth-order valence-corrected chi connectivity index (χ4v) is 3.49. The lowest BCUT2D eigenvalue weighted by atomic mass is 9.87. The smallest absolute Gasteiger partial charge is 0.252 e. The Kier molecular flexibility index (Phi) is 4.84. The molecule has 1 amide bonds. The summed E-state index contributed by atoms with van der Waals surface area (Å²) in [5, 5.41) is 5.06. The van der Waals surface area contributed by atoms with Crippen LogP contribution in [0.5, 0.6) is 11.5 Å². The van der Waals surface area contributed by atoms with E-state index in [9.17, 15) is 4.79 Å². The molecule has 0 spiro atoms. The first-order valence-electron chi connectivity index (χ1n) is 8.27. The summed E-state index contributed by atoms with van der Waals surface area (Å²) in [5.74, 6) is 0.575. The van der Waals surface area contributed by atoms with E-state index in [0.29, 0.717) is 27.1 Å². The molecule has 0 fully saturated rings. The molecule has 0 aromatic heterocycles.